The van der Waals surface area contributed by atoms with Gasteiger partial charge in [-0.25, -0.2) is 0 Å². The zero-order chi connectivity index (χ0) is 11.4. The maximum atomic E-state index is 5.95. The molecule has 0 aromatic carbocycles. The van der Waals surface area contributed by atoms with Crippen LogP contribution in [0.15, 0.2) is 0 Å². The lowest BCUT2D eigenvalue weighted by Gasteiger charge is -2.38. The van der Waals surface area contributed by atoms with Crippen molar-refractivity contribution in [1.29, 1.82) is 0 Å². The molecule has 2 heterocycles. The summed E-state index contributed by atoms with van der Waals surface area (Å²) in [5.74, 6) is 0.933. The first-order chi connectivity index (χ1) is 7.78. The lowest BCUT2D eigenvalue weighted by Crippen LogP contribution is -2.49. The fourth-order valence-electron chi connectivity index (χ4n) is 2.72. The Balaban J connectivity index is 1.70. The summed E-state index contributed by atoms with van der Waals surface area (Å²) in [6.07, 6.45) is 4.71. The second kappa shape index (κ2) is 5.99. The molecule has 1 N–H and O–H groups in total. The molecule has 0 saturated carbocycles. The van der Waals surface area contributed by atoms with Crippen LogP contribution >= 0.6 is 0 Å². The van der Waals surface area contributed by atoms with Gasteiger partial charge >= 0.3 is 0 Å². The van der Waals surface area contributed by atoms with Crippen LogP contribution in [0, 0.1) is 5.92 Å². The van der Waals surface area contributed by atoms with Gasteiger partial charge in [0, 0.05) is 13.1 Å². The number of hydrogen-bond acceptors (Lipinski definition) is 3. The van der Waals surface area contributed by atoms with E-state index in [0.717, 1.165) is 19.0 Å². The highest BCUT2D eigenvalue weighted by atomic mass is 16.5. The average molecular weight is 226 g/mol. The molecule has 0 bridgehead atoms. The van der Waals surface area contributed by atoms with E-state index < -0.39 is 0 Å². The minimum Gasteiger partial charge on any atom is -0.373 e. The zero-order valence-electron chi connectivity index (χ0n) is 10.7. The number of ether oxygens (including phenoxy) is 1. The molecular weight excluding hydrogens is 200 g/mol. The quantitative estimate of drug-likeness (QED) is 0.768. The van der Waals surface area contributed by atoms with Gasteiger partial charge in [-0.15, -0.1) is 0 Å². The molecule has 2 rings (SSSR count). The van der Waals surface area contributed by atoms with E-state index in [0.29, 0.717) is 12.2 Å². The van der Waals surface area contributed by atoms with E-state index in [1.165, 1.54) is 38.9 Å². The van der Waals surface area contributed by atoms with Gasteiger partial charge in [-0.3, -0.25) is 4.90 Å². The van der Waals surface area contributed by atoms with Crippen LogP contribution in [0.3, 0.4) is 0 Å². The lowest BCUT2D eigenvalue weighted by atomic mass is 9.99. The van der Waals surface area contributed by atoms with Crippen molar-refractivity contribution in [2.75, 3.05) is 32.7 Å². The molecule has 3 heteroatoms. The van der Waals surface area contributed by atoms with E-state index >= 15 is 0 Å². The van der Waals surface area contributed by atoms with Gasteiger partial charge in [0.25, 0.3) is 0 Å². The summed E-state index contributed by atoms with van der Waals surface area (Å²) < 4.78 is 5.95. The molecule has 0 aliphatic carbocycles. The highest BCUT2D eigenvalue weighted by Gasteiger charge is 2.25. The number of nitrogens with zero attached hydrogens (tertiary/aromatic N) is 1. The molecule has 2 aliphatic rings. The van der Waals surface area contributed by atoms with E-state index in [9.17, 15) is 0 Å². The molecule has 94 valence electrons. The van der Waals surface area contributed by atoms with Crippen molar-refractivity contribution in [3.05, 3.63) is 0 Å². The van der Waals surface area contributed by atoms with E-state index in [1.54, 1.807) is 0 Å². The molecule has 2 fully saturated rings. The van der Waals surface area contributed by atoms with E-state index in [2.05, 4.69) is 24.1 Å². The fraction of sp³-hybridized carbons (Fsp3) is 1.00. The summed E-state index contributed by atoms with van der Waals surface area (Å²) >= 11 is 0. The van der Waals surface area contributed by atoms with Crippen LogP contribution in [-0.4, -0.2) is 49.8 Å². The standard InChI is InChI=1S/C13H26N2O/c1-3-4-13-10-15(9-11(2)16-13)6-5-12-7-14-8-12/h11-14H,3-10H2,1-2H3. The zero-order valence-corrected chi connectivity index (χ0v) is 10.7. The average Bonchev–Trinajstić information content (AvgIpc) is 2.14. The predicted molar refractivity (Wildman–Crippen MR) is 66.7 cm³/mol. The first kappa shape index (κ1) is 12.3. The third kappa shape index (κ3) is 3.44. The first-order valence-corrected chi connectivity index (χ1v) is 6.86. The molecule has 0 aromatic rings. The highest BCUT2D eigenvalue weighted by Crippen LogP contribution is 2.17. The largest absolute Gasteiger partial charge is 0.373 e. The van der Waals surface area contributed by atoms with Crippen LogP contribution < -0.4 is 5.32 Å². The summed E-state index contributed by atoms with van der Waals surface area (Å²) in [6, 6.07) is 0. The van der Waals surface area contributed by atoms with Crippen LogP contribution in [-0.2, 0) is 4.74 Å². The van der Waals surface area contributed by atoms with Crippen molar-refractivity contribution in [3.8, 4) is 0 Å². The van der Waals surface area contributed by atoms with Gasteiger partial charge in [0.05, 0.1) is 12.2 Å². The Hall–Kier alpha value is -0.120. The van der Waals surface area contributed by atoms with Crippen LogP contribution in [0.25, 0.3) is 0 Å². The van der Waals surface area contributed by atoms with E-state index in [-0.39, 0.29) is 0 Å². The van der Waals surface area contributed by atoms with Gasteiger partial charge in [0.1, 0.15) is 0 Å². The molecule has 2 aliphatic heterocycles. The second-order valence-corrected chi connectivity index (χ2v) is 5.43. The van der Waals surface area contributed by atoms with Crippen molar-refractivity contribution in [2.45, 2.75) is 45.3 Å². The van der Waals surface area contributed by atoms with Gasteiger partial charge in [0.2, 0.25) is 0 Å². The lowest BCUT2D eigenvalue weighted by molar-refractivity contribution is -0.0809. The third-order valence-electron chi connectivity index (χ3n) is 3.73. The van der Waals surface area contributed by atoms with Crippen molar-refractivity contribution in [1.82, 2.24) is 10.2 Å². The predicted octanol–water partition coefficient (Wildman–Crippen LogP) is 1.49. The molecule has 3 nitrogen and oxygen atoms in total. The van der Waals surface area contributed by atoms with E-state index in [1.807, 2.05) is 0 Å². The molecular formula is C13H26N2O. The summed E-state index contributed by atoms with van der Waals surface area (Å²) in [5.41, 5.74) is 0. The van der Waals surface area contributed by atoms with Crippen LogP contribution in [0.5, 0.6) is 0 Å². The smallest absolute Gasteiger partial charge is 0.0706 e. The van der Waals surface area contributed by atoms with Crippen LogP contribution in [0.4, 0.5) is 0 Å². The first-order valence-electron chi connectivity index (χ1n) is 6.86. The Bertz CT molecular complexity index is 206. The van der Waals surface area contributed by atoms with Gasteiger partial charge in [-0.2, -0.15) is 0 Å². The minimum atomic E-state index is 0.421. The topological polar surface area (TPSA) is 24.5 Å². The Morgan fingerprint density at radius 2 is 2.06 bits per heavy atom. The van der Waals surface area contributed by atoms with Crippen LogP contribution in [0.1, 0.15) is 33.1 Å². The Kier molecular flexibility index (Phi) is 4.62. The number of rotatable bonds is 5. The molecule has 2 unspecified atom stereocenters. The normalized spacial score (nSPS) is 32.6. The summed E-state index contributed by atoms with van der Waals surface area (Å²) in [5, 5.41) is 3.34. The molecule has 2 atom stereocenters. The molecule has 0 spiro atoms. The molecule has 0 radical (unpaired) electrons. The number of morpholine rings is 1. The third-order valence-corrected chi connectivity index (χ3v) is 3.73. The Morgan fingerprint density at radius 3 is 2.69 bits per heavy atom. The van der Waals surface area contributed by atoms with Gasteiger partial charge in [-0.05, 0) is 45.3 Å². The van der Waals surface area contributed by atoms with Crippen molar-refractivity contribution in [3.63, 3.8) is 0 Å². The minimum absolute atomic E-state index is 0.421. The number of hydrogen-bond donors (Lipinski definition) is 1. The maximum Gasteiger partial charge on any atom is 0.0706 e. The summed E-state index contributed by atoms with van der Waals surface area (Å²) in [6.45, 7) is 10.5. The fourth-order valence-corrected chi connectivity index (χ4v) is 2.72. The summed E-state index contributed by atoms with van der Waals surface area (Å²) in [7, 11) is 0. The van der Waals surface area contributed by atoms with Crippen LogP contribution in [0.2, 0.25) is 0 Å². The molecule has 0 aromatic heterocycles. The van der Waals surface area contributed by atoms with Crippen molar-refractivity contribution >= 4 is 0 Å². The monoisotopic (exact) mass is 226 g/mol. The SMILES string of the molecule is CCCC1CN(CCC2CNC2)CC(C)O1. The molecule has 0 amide bonds. The molecule has 16 heavy (non-hydrogen) atoms. The number of nitrogens with one attached hydrogen (secondary N) is 1. The Morgan fingerprint density at radius 1 is 1.25 bits per heavy atom. The highest BCUT2D eigenvalue weighted by molar-refractivity contribution is 4.79. The van der Waals surface area contributed by atoms with Crippen molar-refractivity contribution < 1.29 is 4.74 Å². The Labute approximate surface area is 99.5 Å². The summed E-state index contributed by atoms with van der Waals surface area (Å²) in [4.78, 5) is 2.60. The van der Waals surface area contributed by atoms with Gasteiger partial charge in [0.15, 0.2) is 0 Å². The van der Waals surface area contributed by atoms with Gasteiger partial charge in [-0.1, -0.05) is 13.3 Å². The maximum absolute atomic E-state index is 5.95. The second-order valence-electron chi connectivity index (χ2n) is 5.43. The van der Waals surface area contributed by atoms with E-state index in [4.69, 9.17) is 4.74 Å². The molecule has 2 saturated heterocycles. The van der Waals surface area contributed by atoms with Gasteiger partial charge < -0.3 is 10.1 Å². The van der Waals surface area contributed by atoms with Crippen molar-refractivity contribution in [2.24, 2.45) is 5.92 Å².